The van der Waals surface area contributed by atoms with E-state index in [4.69, 9.17) is 9.47 Å². The SMILES string of the molecule is CCC(C)c1ccccc1OC(C)OCCc1ccccc1. The van der Waals surface area contributed by atoms with Crippen molar-refractivity contribution < 1.29 is 9.47 Å². The van der Waals surface area contributed by atoms with Crippen LogP contribution < -0.4 is 4.74 Å². The van der Waals surface area contributed by atoms with Crippen LogP contribution in [0.1, 0.15) is 44.2 Å². The van der Waals surface area contributed by atoms with Crippen molar-refractivity contribution in [3.63, 3.8) is 0 Å². The van der Waals surface area contributed by atoms with Gasteiger partial charge in [0.15, 0.2) is 6.29 Å². The van der Waals surface area contributed by atoms with Gasteiger partial charge in [-0.15, -0.1) is 0 Å². The van der Waals surface area contributed by atoms with Gasteiger partial charge < -0.3 is 9.47 Å². The van der Waals surface area contributed by atoms with Gasteiger partial charge in [0, 0.05) is 0 Å². The molecule has 0 saturated heterocycles. The molecule has 0 fully saturated rings. The first-order valence-corrected chi connectivity index (χ1v) is 8.11. The molecule has 0 N–H and O–H groups in total. The van der Waals surface area contributed by atoms with E-state index in [-0.39, 0.29) is 6.29 Å². The molecule has 0 aliphatic carbocycles. The highest BCUT2D eigenvalue weighted by Crippen LogP contribution is 2.29. The zero-order valence-electron chi connectivity index (χ0n) is 13.8. The molecule has 0 bridgehead atoms. The Morgan fingerprint density at radius 1 is 0.909 bits per heavy atom. The molecule has 2 nitrogen and oxygen atoms in total. The first kappa shape index (κ1) is 16.6. The summed E-state index contributed by atoms with van der Waals surface area (Å²) in [5.41, 5.74) is 2.54. The van der Waals surface area contributed by atoms with Crippen molar-refractivity contribution in [1.82, 2.24) is 0 Å². The Hall–Kier alpha value is -1.80. The third-order valence-electron chi connectivity index (χ3n) is 3.94. The molecule has 0 aliphatic rings. The van der Waals surface area contributed by atoms with E-state index >= 15 is 0 Å². The highest BCUT2D eigenvalue weighted by Gasteiger charge is 2.12. The second-order valence-corrected chi connectivity index (χ2v) is 5.64. The van der Waals surface area contributed by atoms with Crippen LogP contribution in [0.15, 0.2) is 54.6 Å². The van der Waals surface area contributed by atoms with Crippen molar-refractivity contribution in [3.05, 3.63) is 65.7 Å². The number of rotatable bonds is 8. The summed E-state index contributed by atoms with van der Waals surface area (Å²) in [6.07, 6.45) is 1.76. The molecule has 0 radical (unpaired) electrons. The third-order valence-corrected chi connectivity index (χ3v) is 3.94. The Kier molecular flexibility index (Phi) is 6.47. The quantitative estimate of drug-likeness (QED) is 0.625. The predicted octanol–water partition coefficient (Wildman–Crippen LogP) is 5.18. The minimum Gasteiger partial charge on any atom is -0.465 e. The average molecular weight is 298 g/mol. The molecule has 2 heteroatoms. The molecule has 2 aromatic rings. The summed E-state index contributed by atoms with van der Waals surface area (Å²) in [7, 11) is 0. The zero-order chi connectivity index (χ0) is 15.8. The second-order valence-electron chi connectivity index (χ2n) is 5.64. The van der Waals surface area contributed by atoms with Gasteiger partial charge in [0.25, 0.3) is 0 Å². The van der Waals surface area contributed by atoms with Gasteiger partial charge in [0.05, 0.1) is 6.61 Å². The minimum absolute atomic E-state index is 0.242. The molecule has 22 heavy (non-hydrogen) atoms. The molecule has 0 aliphatic heterocycles. The normalized spacial score (nSPS) is 13.6. The first-order chi connectivity index (χ1) is 10.7. The molecule has 118 valence electrons. The van der Waals surface area contributed by atoms with Gasteiger partial charge in [-0.25, -0.2) is 0 Å². The largest absolute Gasteiger partial charge is 0.465 e. The van der Waals surface area contributed by atoms with Crippen LogP contribution in [-0.2, 0) is 11.2 Å². The lowest BCUT2D eigenvalue weighted by molar-refractivity contribution is -0.0659. The summed E-state index contributed by atoms with van der Waals surface area (Å²) in [5, 5.41) is 0. The van der Waals surface area contributed by atoms with E-state index in [0.29, 0.717) is 12.5 Å². The molecule has 0 saturated carbocycles. The van der Waals surface area contributed by atoms with Crippen molar-refractivity contribution >= 4 is 0 Å². The number of benzene rings is 2. The van der Waals surface area contributed by atoms with Gasteiger partial charge in [0.2, 0.25) is 0 Å². The second kappa shape index (κ2) is 8.60. The maximum absolute atomic E-state index is 5.98. The lowest BCUT2D eigenvalue weighted by atomic mass is 9.98. The molecule has 0 spiro atoms. The van der Waals surface area contributed by atoms with Gasteiger partial charge in [0.1, 0.15) is 5.75 Å². The van der Waals surface area contributed by atoms with Gasteiger partial charge in [-0.05, 0) is 42.9 Å². The summed E-state index contributed by atoms with van der Waals surface area (Å²) >= 11 is 0. The minimum atomic E-state index is -0.242. The molecule has 0 aromatic heterocycles. The Labute approximate surface area is 134 Å². The molecule has 0 amide bonds. The summed E-state index contributed by atoms with van der Waals surface area (Å²) < 4.78 is 11.8. The molecule has 2 rings (SSSR count). The maximum Gasteiger partial charge on any atom is 0.197 e. The summed E-state index contributed by atoms with van der Waals surface area (Å²) in [5.74, 6) is 1.43. The highest BCUT2D eigenvalue weighted by molar-refractivity contribution is 5.35. The molecule has 2 unspecified atom stereocenters. The fourth-order valence-corrected chi connectivity index (χ4v) is 2.42. The fraction of sp³-hybridized carbons (Fsp3) is 0.400. The monoisotopic (exact) mass is 298 g/mol. The van der Waals surface area contributed by atoms with E-state index in [2.05, 4.69) is 50.2 Å². The number of ether oxygens (including phenoxy) is 2. The predicted molar refractivity (Wildman–Crippen MR) is 91.3 cm³/mol. The van der Waals surface area contributed by atoms with Crippen LogP contribution in [0.2, 0.25) is 0 Å². The van der Waals surface area contributed by atoms with Crippen molar-refractivity contribution in [2.24, 2.45) is 0 Å². The average Bonchev–Trinajstić information content (AvgIpc) is 2.55. The van der Waals surface area contributed by atoms with Crippen LogP contribution >= 0.6 is 0 Å². The number of hydrogen-bond donors (Lipinski definition) is 0. The van der Waals surface area contributed by atoms with Crippen LogP contribution in [-0.4, -0.2) is 12.9 Å². The van der Waals surface area contributed by atoms with Gasteiger partial charge in [-0.3, -0.25) is 0 Å². The van der Waals surface area contributed by atoms with Crippen LogP contribution in [0.3, 0.4) is 0 Å². The van der Waals surface area contributed by atoms with E-state index in [1.165, 1.54) is 11.1 Å². The Morgan fingerprint density at radius 3 is 2.32 bits per heavy atom. The molecule has 2 atom stereocenters. The lowest BCUT2D eigenvalue weighted by Crippen LogP contribution is -2.18. The summed E-state index contributed by atoms with van der Waals surface area (Å²) in [4.78, 5) is 0. The highest BCUT2D eigenvalue weighted by atomic mass is 16.7. The van der Waals surface area contributed by atoms with Gasteiger partial charge in [-0.1, -0.05) is 62.4 Å². The standard InChI is InChI=1S/C20H26O2/c1-4-16(2)19-12-8-9-13-20(19)22-17(3)21-15-14-18-10-6-5-7-11-18/h5-13,16-17H,4,14-15H2,1-3H3. The van der Waals surface area contributed by atoms with Gasteiger partial charge >= 0.3 is 0 Å². The molecule has 2 aromatic carbocycles. The van der Waals surface area contributed by atoms with Crippen LogP contribution in [0, 0.1) is 0 Å². The van der Waals surface area contributed by atoms with E-state index in [1.54, 1.807) is 0 Å². The summed E-state index contributed by atoms with van der Waals surface area (Å²) in [6.45, 7) is 7.04. The number of hydrogen-bond acceptors (Lipinski definition) is 2. The molecule has 0 heterocycles. The number of para-hydroxylation sites is 1. The van der Waals surface area contributed by atoms with Crippen molar-refractivity contribution in [2.75, 3.05) is 6.61 Å². The van der Waals surface area contributed by atoms with Crippen LogP contribution in [0.25, 0.3) is 0 Å². The van der Waals surface area contributed by atoms with Crippen molar-refractivity contribution in [1.29, 1.82) is 0 Å². The fourth-order valence-electron chi connectivity index (χ4n) is 2.42. The van der Waals surface area contributed by atoms with Crippen molar-refractivity contribution in [2.45, 2.75) is 45.8 Å². The van der Waals surface area contributed by atoms with Crippen LogP contribution in [0.5, 0.6) is 5.75 Å². The molecular weight excluding hydrogens is 272 g/mol. The maximum atomic E-state index is 5.98. The van der Waals surface area contributed by atoms with E-state index in [1.807, 2.05) is 25.1 Å². The topological polar surface area (TPSA) is 18.5 Å². The summed E-state index contributed by atoms with van der Waals surface area (Å²) in [6, 6.07) is 18.6. The Morgan fingerprint density at radius 2 is 1.59 bits per heavy atom. The Balaban J connectivity index is 1.85. The van der Waals surface area contributed by atoms with Gasteiger partial charge in [-0.2, -0.15) is 0 Å². The lowest BCUT2D eigenvalue weighted by Gasteiger charge is -2.20. The molecular formula is C20H26O2. The van der Waals surface area contributed by atoms with E-state index in [0.717, 1.165) is 18.6 Å². The Bertz CT molecular complexity index is 551. The van der Waals surface area contributed by atoms with Crippen molar-refractivity contribution in [3.8, 4) is 5.75 Å². The smallest absolute Gasteiger partial charge is 0.197 e. The van der Waals surface area contributed by atoms with E-state index in [9.17, 15) is 0 Å². The third kappa shape index (κ3) is 4.88. The van der Waals surface area contributed by atoms with Crippen LogP contribution in [0.4, 0.5) is 0 Å². The van der Waals surface area contributed by atoms with E-state index < -0.39 is 0 Å². The first-order valence-electron chi connectivity index (χ1n) is 8.11. The zero-order valence-corrected chi connectivity index (χ0v) is 13.8.